The molecule has 0 saturated carbocycles. The quantitative estimate of drug-likeness (QED) is 0.753. The van der Waals surface area contributed by atoms with Crippen LogP contribution < -0.4 is 10.1 Å². The molecule has 0 spiro atoms. The van der Waals surface area contributed by atoms with Gasteiger partial charge in [0.2, 0.25) is 5.91 Å². The number of aromatic nitrogens is 2. The van der Waals surface area contributed by atoms with E-state index in [4.69, 9.17) is 16.3 Å². The van der Waals surface area contributed by atoms with Crippen LogP contribution in [-0.2, 0) is 11.2 Å². The van der Waals surface area contributed by atoms with Gasteiger partial charge in [0.1, 0.15) is 18.2 Å². The number of amides is 1. The summed E-state index contributed by atoms with van der Waals surface area (Å²) in [5, 5.41) is 3.68. The molecule has 0 aliphatic carbocycles. The second-order valence-corrected chi connectivity index (χ2v) is 6.77. The minimum absolute atomic E-state index is 0.0430. The number of H-pyrrole nitrogens is 1. The van der Waals surface area contributed by atoms with E-state index < -0.39 is 0 Å². The number of nitrogens with zero attached hydrogens (tertiary/aromatic N) is 1. The zero-order valence-corrected chi connectivity index (χ0v) is 14.5. The molecule has 0 unspecified atom stereocenters. The summed E-state index contributed by atoms with van der Waals surface area (Å²) in [5.74, 6) is 1.27. The monoisotopic (exact) mass is 355 g/mol. The average Bonchev–Trinajstić information content (AvgIpc) is 3.05. The highest BCUT2D eigenvalue weighted by Gasteiger charge is 2.27. The topological polar surface area (TPSA) is 67.0 Å². The van der Waals surface area contributed by atoms with Gasteiger partial charge in [-0.2, -0.15) is 0 Å². The molecule has 6 heteroatoms. The third-order valence-corrected chi connectivity index (χ3v) is 4.71. The number of hydrogen-bond acceptors (Lipinski definition) is 3. The van der Waals surface area contributed by atoms with Gasteiger partial charge in [0, 0.05) is 5.02 Å². The van der Waals surface area contributed by atoms with Crippen LogP contribution in [-0.4, -0.2) is 22.5 Å². The number of aromatic amines is 1. The Morgan fingerprint density at radius 3 is 3.04 bits per heavy atom. The number of ether oxygens (including phenoxy) is 1. The number of rotatable bonds is 3. The number of carbonyl (C=O) groups excluding carboxylic acids is 1. The van der Waals surface area contributed by atoms with Gasteiger partial charge in [-0.1, -0.05) is 23.7 Å². The number of imidazole rings is 1. The van der Waals surface area contributed by atoms with E-state index in [-0.39, 0.29) is 17.9 Å². The van der Waals surface area contributed by atoms with Crippen molar-refractivity contribution in [2.24, 2.45) is 5.92 Å². The van der Waals surface area contributed by atoms with Crippen LogP contribution in [0.15, 0.2) is 42.5 Å². The zero-order valence-electron chi connectivity index (χ0n) is 13.8. The molecule has 2 N–H and O–H groups in total. The summed E-state index contributed by atoms with van der Waals surface area (Å²) in [6.45, 7) is 2.29. The van der Waals surface area contributed by atoms with Gasteiger partial charge in [-0.3, -0.25) is 4.79 Å². The van der Waals surface area contributed by atoms with Gasteiger partial charge >= 0.3 is 0 Å². The SMILES string of the molecule is C[C@@H](NC(=O)[C@H]1COc2ccc(Cl)cc2C1)c1nc2ccccc2[nH]1. The molecule has 2 heterocycles. The summed E-state index contributed by atoms with van der Waals surface area (Å²) in [6.07, 6.45) is 0.620. The molecule has 4 rings (SSSR count). The van der Waals surface area contributed by atoms with Crippen molar-refractivity contribution in [2.45, 2.75) is 19.4 Å². The maximum absolute atomic E-state index is 12.6. The van der Waals surface area contributed by atoms with Crippen molar-refractivity contribution < 1.29 is 9.53 Å². The van der Waals surface area contributed by atoms with Crippen molar-refractivity contribution in [1.29, 1.82) is 0 Å². The molecule has 1 aliphatic heterocycles. The molecule has 2 aromatic carbocycles. The van der Waals surface area contributed by atoms with E-state index in [0.29, 0.717) is 18.1 Å². The number of nitrogens with one attached hydrogen (secondary N) is 2. The number of carbonyl (C=O) groups is 1. The molecule has 1 aliphatic rings. The fourth-order valence-corrected chi connectivity index (χ4v) is 3.30. The summed E-state index contributed by atoms with van der Waals surface area (Å²) in [6, 6.07) is 13.1. The Morgan fingerprint density at radius 1 is 1.36 bits per heavy atom. The second-order valence-electron chi connectivity index (χ2n) is 6.33. The summed E-state index contributed by atoms with van der Waals surface area (Å²) >= 11 is 6.04. The molecule has 25 heavy (non-hydrogen) atoms. The van der Waals surface area contributed by atoms with Gasteiger partial charge in [0.15, 0.2) is 0 Å². The van der Waals surface area contributed by atoms with E-state index >= 15 is 0 Å². The maximum atomic E-state index is 12.6. The first-order valence-electron chi connectivity index (χ1n) is 8.26. The number of para-hydroxylation sites is 2. The first-order chi connectivity index (χ1) is 12.1. The third kappa shape index (κ3) is 3.20. The van der Waals surface area contributed by atoms with E-state index in [9.17, 15) is 4.79 Å². The Bertz CT molecular complexity index is 904. The standard InChI is InChI=1S/C19H18ClN3O2/c1-11(18-22-15-4-2-3-5-16(15)23-18)21-19(24)13-8-12-9-14(20)6-7-17(12)25-10-13/h2-7,9,11,13H,8,10H2,1H3,(H,21,24)(H,22,23)/t11-,13-/m1/s1. The predicted octanol–water partition coefficient (Wildman–Crippen LogP) is 3.64. The van der Waals surface area contributed by atoms with Crippen LogP contribution >= 0.6 is 11.6 Å². The lowest BCUT2D eigenvalue weighted by Crippen LogP contribution is -2.38. The maximum Gasteiger partial charge on any atom is 0.227 e. The Kier molecular flexibility index (Phi) is 4.09. The molecule has 1 amide bonds. The van der Waals surface area contributed by atoms with Crippen LogP contribution in [0.1, 0.15) is 24.4 Å². The van der Waals surface area contributed by atoms with Crippen LogP contribution in [0.3, 0.4) is 0 Å². The lowest BCUT2D eigenvalue weighted by Gasteiger charge is -2.25. The van der Waals surface area contributed by atoms with Gasteiger partial charge in [-0.05, 0) is 49.2 Å². The summed E-state index contributed by atoms with van der Waals surface area (Å²) in [4.78, 5) is 20.4. The van der Waals surface area contributed by atoms with Crippen molar-refractivity contribution in [3.63, 3.8) is 0 Å². The third-order valence-electron chi connectivity index (χ3n) is 4.48. The van der Waals surface area contributed by atoms with E-state index in [2.05, 4.69) is 15.3 Å². The number of fused-ring (bicyclic) bond motifs is 2. The number of benzene rings is 2. The molecule has 1 aromatic heterocycles. The summed E-state index contributed by atoms with van der Waals surface area (Å²) in [5.41, 5.74) is 2.82. The number of hydrogen-bond donors (Lipinski definition) is 2. The van der Waals surface area contributed by atoms with Gasteiger partial charge in [0.25, 0.3) is 0 Å². The van der Waals surface area contributed by atoms with Crippen molar-refractivity contribution in [3.05, 3.63) is 58.9 Å². The molecule has 128 valence electrons. The molecule has 0 saturated heterocycles. The zero-order chi connectivity index (χ0) is 17.4. The minimum Gasteiger partial charge on any atom is -0.492 e. The highest BCUT2D eigenvalue weighted by molar-refractivity contribution is 6.30. The van der Waals surface area contributed by atoms with E-state index in [1.54, 1.807) is 6.07 Å². The Hall–Kier alpha value is -2.53. The second kappa shape index (κ2) is 6.41. The van der Waals surface area contributed by atoms with E-state index in [1.165, 1.54) is 0 Å². The molecule has 0 radical (unpaired) electrons. The lowest BCUT2D eigenvalue weighted by atomic mass is 9.96. The van der Waals surface area contributed by atoms with Crippen molar-refractivity contribution in [2.75, 3.05) is 6.61 Å². The first-order valence-corrected chi connectivity index (χ1v) is 8.64. The van der Waals surface area contributed by atoms with E-state index in [0.717, 1.165) is 28.2 Å². The van der Waals surface area contributed by atoms with Crippen molar-refractivity contribution in [3.8, 4) is 5.75 Å². The Labute approximate surface area is 150 Å². The molecule has 5 nitrogen and oxygen atoms in total. The predicted molar refractivity (Wildman–Crippen MR) is 96.8 cm³/mol. The van der Waals surface area contributed by atoms with Gasteiger partial charge in [-0.15, -0.1) is 0 Å². The van der Waals surface area contributed by atoms with Crippen molar-refractivity contribution in [1.82, 2.24) is 15.3 Å². The summed E-state index contributed by atoms with van der Waals surface area (Å²) in [7, 11) is 0. The molecular formula is C19H18ClN3O2. The largest absolute Gasteiger partial charge is 0.492 e. The Balaban J connectivity index is 1.46. The highest BCUT2D eigenvalue weighted by Crippen LogP contribution is 2.30. The fraction of sp³-hybridized carbons (Fsp3) is 0.263. The highest BCUT2D eigenvalue weighted by atomic mass is 35.5. The van der Waals surface area contributed by atoms with Gasteiger partial charge in [0.05, 0.1) is 23.0 Å². The molecule has 3 aromatic rings. The number of halogens is 1. The molecule has 0 bridgehead atoms. The van der Waals surface area contributed by atoms with Crippen LogP contribution in [0, 0.1) is 5.92 Å². The fourth-order valence-electron chi connectivity index (χ4n) is 3.11. The summed E-state index contributed by atoms with van der Waals surface area (Å²) < 4.78 is 5.70. The van der Waals surface area contributed by atoms with E-state index in [1.807, 2.05) is 43.3 Å². The lowest BCUT2D eigenvalue weighted by molar-refractivity contribution is -0.127. The van der Waals surface area contributed by atoms with Crippen LogP contribution in [0.2, 0.25) is 5.02 Å². The van der Waals surface area contributed by atoms with Crippen LogP contribution in [0.5, 0.6) is 5.75 Å². The minimum atomic E-state index is -0.238. The van der Waals surface area contributed by atoms with Crippen molar-refractivity contribution >= 4 is 28.5 Å². The normalized spacial score (nSPS) is 17.6. The Morgan fingerprint density at radius 2 is 2.20 bits per heavy atom. The first kappa shape index (κ1) is 16.0. The van der Waals surface area contributed by atoms with Gasteiger partial charge in [-0.25, -0.2) is 4.98 Å². The molecule has 2 atom stereocenters. The smallest absolute Gasteiger partial charge is 0.227 e. The molecule has 0 fully saturated rings. The average molecular weight is 356 g/mol. The molecular weight excluding hydrogens is 338 g/mol. The van der Waals surface area contributed by atoms with Gasteiger partial charge < -0.3 is 15.0 Å². The van der Waals surface area contributed by atoms with Crippen LogP contribution in [0.25, 0.3) is 11.0 Å². The van der Waals surface area contributed by atoms with Crippen LogP contribution in [0.4, 0.5) is 0 Å².